The molecule has 8 nitrogen and oxygen atoms in total. The van der Waals surface area contributed by atoms with E-state index >= 15 is 0 Å². The monoisotopic (exact) mass is 443 g/mol. The Morgan fingerprint density at radius 2 is 1.82 bits per heavy atom. The highest BCUT2D eigenvalue weighted by atomic mass is 16.3. The van der Waals surface area contributed by atoms with Crippen molar-refractivity contribution < 1.29 is 13.6 Å². The van der Waals surface area contributed by atoms with Gasteiger partial charge in [0.05, 0.1) is 12.8 Å². The number of nitrogens with one attached hydrogen (secondary N) is 1. The number of fused-ring (bicyclic) bond motifs is 3. The molecule has 2 aromatic carbocycles. The Balaban J connectivity index is 1.65. The number of aromatic nitrogens is 2. The standard InChI is InChI=1S/C25H21N3O5/c1-15-9-10-19(16(2)12-15)26-21(29)14-27-22-18-7-3-4-8-20(18)33-23(22)24(30)28(25(27)31)13-17-6-5-11-32-17/h3-12H,13-14H2,1-2H3,(H,26,29). The van der Waals surface area contributed by atoms with Crippen LogP contribution in [0.15, 0.2) is 79.3 Å². The highest BCUT2D eigenvalue weighted by molar-refractivity contribution is 6.03. The van der Waals surface area contributed by atoms with Crippen molar-refractivity contribution in [1.29, 1.82) is 0 Å². The van der Waals surface area contributed by atoms with Gasteiger partial charge in [0.25, 0.3) is 5.56 Å². The molecule has 0 saturated carbocycles. The van der Waals surface area contributed by atoms with Gasteiger partial charge in [0.15, 0.2) is 0 Å². The molecule has 8 heteroatoms. The summed E-state index contributed by atoms with van der Waals surface area (Å²) < 4.78 is 13.4. The highest BCUT2D eigenvalue weighted by Gasteiger charge is 2.22. The number of carbonyl (C=O) groups excluding carboxylic acids is 1. The third-order valence-electron chi connectivity index (χ3n) is 5.59. The molecule has 0 radical (unpaired) electrons. The number of nitrogens with zero attached hydrogens (tertiary/aromatic N) is 2. The van der Waals surface area contributed by atoms with E-state index in [1.807, 2.05) is 32.0 Å². The van der Waals surface area contributed by atoms with E-state index in [9.17, 15) is 14.4 Å². The second kappa shape index (κ2) is 7.98. The number of furan rings is 2. The van der Waals surface area contributed by atoms with E-state index < -0.39 is 11.2 Å². The van der Waals surface area contributed by atoms with Crippen molar-refractivity contribution >= 4 is 33.7 Å². The SMILES string of the molecule is Cc1ccc(NC(=O)Cn2c(=O)n(Cc3ccco3)c(=O)c3oc4ccccc4c32)c(C)c1. The van der Waals surface area contributed by atoms with Crippen LogP contribution in [0, 0.1) is 13.8 Å². The minimum atomic E-state index is -0.619. The Bertz CT molecular complexity index is 1620. The molecule has 0 bridgehead atoms. The van der Waals surface area contributed by atoms with Crippen LogP contribution in [0.3, 0.4) is 0 Å². The zero-order valence-corrected chi connectivity index (χ0v) is 18.1. The molecule has 0 spiro atoms. The first-order valence-electron chi connectivity index (χ1n) is 10.5. The summed E-state index contributed by atoms with van der Waals surface area (Å²) in [5, 5.41) is 3.45. The third kappa shape index (κ3) is 3.65. The largest absolute Gasteiger partial charge is 0.467 e. The number of carbonyl (C=O) groups is 1. The van der Waals surface area contributed by atoms with Crippen LogP contribution in [0.5, 0.6) is 0 Å². The van der Waals surface area contributed by atoms with E-state index in [-0.39, 0.29) is 24.6 Å². The maximum atomic E-state index is 13.4. The van der Waals surface area contributed by atoms with E-state index in [4.69, 9.17) is 8.83 Å². The van der Waals surface area contributed by atoms with Gasteiger partial charge >= 0.3 is 5.69 Å². The highest BCUT2D eigenvalue weighted by Crippen LogP contribution is 2.25. The molecule has 0 saturated heterocycles. The number of anilines is 1. The van der Waals surface area contributed by atoms with Gasteiger partial charge in [-0.25, -0.2) is 9.36 Å². The molecule has 5 rings (SSSR count). The molecule has 0 aliphatic heterocycles. The minimum Gasteiger partial charge on any atom is -0.467 e. The molecule has 0 fully saturated rings. The van der Waals surface area contributed by atoms with E-state index in [0.29, 0.717) is 27.9 Å². The Morgan fingerprint density at radius 3 is 2.58 bits per heavy atom. The number of aryl methyl sites for hydroxylation is 2. The van der Waals surface area contributed by atoms with Gasteiger partial charge in [0, 0.05) is 11.1 Å². The smallest absolute Gasteiger partial charge is 0.332 e. The summed E-state index contributed by atoms with van der Waals surface area (Å²) in [7, 11) is 0. The zero-order chi connectivity index (χ0) is 23.1. The number of para-hydroxylation sites is 1. The first kappa shape index (κ1) is 20.6. The Morgan fingerprint density at radius 1 is 1.00 bits per heavy atom. The number of hydrogen-bond donors (Lipinski definition) is 1. The summed E-state index contributed by atoms with van der Waals surface area (Å²) in [6.07, 6.45) is 1.47. The normalized spacial score (nSPS) is 11.3. The van der Waals surface area contributed by atoms with Gasteiger partial charge in [-0.15, -0.1) is 0 Å². The van der Waals surface area contributed by atoms with Crippen LogP contribution >= 0.6 is 0 Å². The van der Waals surface area contributed by atoms with Crippen molar-refractivity contribution in [1.82, 2.24) is 9.13 Å². The van der Waals surface area contributed by atoms with Crippen molar-refractivity contribution in [2.24, 2.45) is 0 Å². The summed E-state index contributed by atoms with van der Waals surface area (Å²) in [5.74, 6) is 0.0507. The summed E-state index contributed by atoms with van der Waals surface area (Å²) in [6, 6.07) is 16.1. The van der Waals surface area contributed by atoms with Crippen molar-refractivity contribution in [3.05, 3.63) is 98.6 Å². The average Bonchev–Trinajstić information content (AvgIpc) is 3.44. The predicted octanol–water partition coefficient (Wildman–Crippen LogP) is 3.81. The van der Waals surface area contributed by atoms with E-state index in [1.54, 1.807) is 36.4 Å². The second-order valence-electron chi connectivity index (χ2n) is 7.98. The van der Waals surface area contributed by atoms with Gasteiger partial charge in [-0.2, -0.15) is 0 Å². The van der Waals surface area contributed by atoms with Gasteiger partial charge in [0.2, 0.25) is 11.5 Å². The summed E-state index contributed by atoms with van der Waals surface area (Å²) >= 11 is 0. The lowest BCUT2D eigenvalue weighted by Crippen LogP contribution is -2.41. The summed E-state index contributed by atoms with van der Waals surface area (Å²) in [5.41, 5.74) is 2.24. The third-order valence-corrected chi connectivity index (χ3v) is 5.59. The topological polar surface area (TPSA) is 99.4 Å². The molecular formula is C25H21N3O5. The lowest BCUT2D eigenvalue weighted by Gasteiger charge is -2.13. The fraction of sp³-hybridized carbons (Fsp3) is 0.160. The quantitative estimate of drug-likeness (QED) is 0.445. The fourth-order valence-corrected chi connectivity index (χ4v) is 4.03. The first-order valence-corrected chi connectivity index (χ1v) is 10.5. The summed E-state index contributed by atoms with van der Waals surface area (Å²) in [4.78, 5) is 39.6. The molecule has 1 N–H and O–H groups in total. The molecule has 5 aromatic rings. The van der Waals surface area contributed by atoms with Crippen LogP contribution in [-0.2, 0) is 17.9 Å². The van der Waals surface area contributed by atoms with Crippen LogP contribution in [0.4, 0.5) is 5.69 Å². The van der Waals surface area contributed by atoms with Crippen LogP contribution in [-0.4, -0.2) is 15.0 Å². The van der Waals surface area contributed by atoms with E-state index in [1.165, 1.54) is 10.8 Å². The molecule has 0 unspecified atom stereocenters. The minimum absolute atomic E-state index is 0.0154. The molecule has 0 aliphatic rings. The Hall–Kier alpha value is -4.33. The fourth-order valence-electron chi connectivity index (χ4n) is 4.03. The number of rotatable bonds is 5. The number of benzene rings is 2. The van der Waals surface area contributed by atoms with Gasteiger partial charge in [0.1, 0.15) is 23.4 Å². The van der Waals surface area contributed by atoms with Crippen molar-refractivity contribution in [2.45, 2.75) is 26.9 Å². The van der Waals surface area contributed by atoms with Crippen LogP contribution < -0.4 is 16.6 Å². The Kier molecular flexibility index (Phi) is 4.97. The second-order valence-corrected chi connectivity index (χ2v) is 7.98. The lowest BCUT2D eigenvalue weighted by atomic mass is 10.1. The molecule has 0 aliphatic carbocycles. The molecule has 3 aromatic heterocycles. The van der Waals surface area contributed by atoms with Gasteiger partial charge in [-0.05, 0) is 49.7 Å². The Labute approximate surface area is 187 Å². The van der Waals surface area contributed by atoms with Gasteiger partial charge in [-0.3, -0.25) is 14.2 Å². The molecular weight excluding hydrogens is 422 g/mol. The van der Waals surface area contributed by atoms with Crippen molar-refractivity contribution in [3.8, 4) is 0 Å². The van der Waals surface area contributed by atoms with E-state index in [2.05, 4.69) is 5.32 Å². The number of amides is 1. The molecule has 0 atom stereocenters. The van der Waals surface area contributed by atoms with Gasteiger partial charge in [-0.1, -0.05) is 29.8 Å². The lowest BCUT2D eigenvalue weighted by molar-refractivity contribution is -0.116. The molecule has 3 heterocycles. The van der Waals surface area contributed by atoms with Crippen molar-refractivity contribution in [3.63, 3.8) is 0 Å². The van der Waals surface area contributed by atoms with Crippen LogP contribution in [0.2, 0.25) is 0 Å². The van der Waals surface area contributed by atoms with E-state index in [0.717, 1.165) is 15.7 Å². The van der Waals surface area contributed by atoms with Crippen LogP contribution in [0.1, 0.15) is 16.9 Å². The molecule has 166 valence electrons. The molecule has 33 heavy (non-hydrogen) atoms. The first-order chi connectivity index (χ1) is 15.9. The summed E-state index contributed by atoms with van der Waals surface area (Å²) in [6.45, 7) is 3.52. The maximum Gasteiger partial charge on any atom is 0.332 e. The average molecular weight is 443 g/mol. The number of hydrogen-bond acceptors (Lipinski definition) is 5. The van der Waals surface area contributed by atoms with Gasteiger partial charge < -0.3 is 14.2 Å². The maximum absolute atomic E-state index is 13.4. The predicted molar refractivity (Wildman–Crippen MR) is 125 cm³/mol. The zero-order valence-electron chi connectivity index (χ0n) is 18.1. The van der Waals surface area contributed by atoms with Crippen molar-refractivity contribution in [2.75, 3.05) is 5.32 Å². The van der Waals surface area contributed by atoms with Crippen LogP contribution in [0.25, 0.3) is 22.1 Å². The molecule has 1 amide bonds.